The summed E-state index contributed by atoms with van der Waals surface area (Å²) in [6.45, 7) is 6.64. The fourth-order valence-corrected chi connectivity index (χ4v) is 2.84. The molecule has 0 fully saturated rings. The Bertz CT molecular complexity index is 221. The minimum absolute atomic E-state index is 0.0630. The number of ether oxygens (including phenoxy) is 2. The number of hydrogen-bond acceptors (Lipinski definition) is 3. The molecule has 0 amide bonds. The second-order valence-electron chi connectivity index (χ2n) is 6.99. The standard InChI is InChI=1S/C21H44O3/c1-3-5-7-9-11-13-15-17-23-20-21(19-22)24-18-16-14-12-10-8-6-4-2/h21-22H,3-20H2,1-2H3. The maximum absolute atomic E-state index is 9.34. The summed E-state index contributed by atoms with van der Waals surface area (Å²) < 4.78 is 11.4. The molecule has 0 saturated carbocycles. The predicted octanol–water partition coefficient (Wildman–Crippen LogP) is 5.88. The molecule has 0 aromatic heterocycles. The maximum Gasteiger partial charge on any atom is 0.104 e. The van der Waals surface area contributed by atoms with Gasteiger partial charge in [-0.15, -0.1) is 0 Å². The first kappa shape index (κ1) is 23.9. The van der Waals surface area contributed by atoms with Crippen molar-refractivity contribution >= 4 is 0 Å². The van der Waals surface area contributed by atoms with E-state index in [0.717, 1.165) is 26.1 Å². The van der Waals surface area contributed by atoms with Crippen molar-refractivity contribution in [2.24, 2.45) is 0 Å². The summed E-state index contributed by atoms with van der Waals surface area (Å²) in [5.74, 6) is 0. The van der Waals surface area contributed by atoms with E-state index in [1.165, 1.54) is 77.0 Å². The predicted molar refractivity (Wildman–Crippen MR) is 104 cm³/mol. The Morgan fingerprint density at radius 3 is 1.58 bits per heavy atom. The normalized spacial score (nSPS) is 12.6. The molecule has 0 aromatic carbocycles. The lowest BCUT2D eigenvalue weighted by Crippen LogP contribution is -2.24. The molecule has 0 rings (SSSR count). The Balaban J connectivity index is 3.28. The van der Waals surface area contributed by atoms with Gasteiger partial charge in [0.05, 0.1) is 13.2 Å². The number of hydrogen-bond donors (Lipinski definition) is 1. The largest absolute Gasteiger partial charge is 0.394 e. The van der Waals surface area contributed by atoms with Crippen LogP contribution in [-0.2, 0) is 9.47 Å². The molecule has 0 heterocycles. The van der Waals surface area contributed by atoms with E-state index in [-0.39, 0.29) is 12.7 Å². The Labute approximate surface area is 151 Å². The van der Waals surface area contributed by atoms with Crippen LogP contribution in [0, 0.1) is 0 Å². The molecule has 3 heteroatoms. The number of aliphatic hydroxyl groups excluding tert-OH is 1. The second kappa shape index (κ2) is 20.9. The van der Waals surface area contributed by atoms with Gasteiger partial charge in [0.25, 0.3) is 0 Å². The van der Waals surface area contributed by atoms with Crippen molar-refractivity contribution in [3.8, 4) is 0 Å². The summed E-state index contributed by atoms with van der Waals surface area (Å²) >= 11 is 0. The van der Waals surface area contributed by atoms with Gasteiger partial charge in [-0.25, -0.2) is 0 Å². The van der Waals surface area contributed by atoms with E-state index in [9.17, 15) is 5.11 Å². The van der Waals surface area contributed by atoms with E-state index >= 15 is 0 Å². The smallest absolute Gasteiger partial charge is 0.104 e. The minimum atomic E-state index is -0.144. The quantitative estimate of drug-likeness (QED) is 0.280. The third kappa shape index (κ3) is 18.2. The van der Waals surface area contributed by atoms with Crippen LogP contribution >= 0.6 is 0 Å². The van der Waals surface area contributed by atoms with Crippen molar-refractivity contribution in [2.45, 2.75) is 110 Å². The maximum atomic E-state index is 9.34. The Morgan fingerprint density at radius 2 is 1.08 bits per heavy atom. The zero-order valence-corrected chi connectivity index (χ0v) is 16.6. The fourth-order valence-electron chi connectivity index (χ4n) is 2.84. The zero-order valence-electron chi connectivity index (χ0n) is 16.6. The average molecular weight is 345 g/mol. The highest BCUT2D eigenvalue weighted by Crippen LogP contribution is 2.08. The van der Waals surface area contributed by atoms with E-state index in [4.69, 9.17) is 9.47 Å². The van der Waals surface area contributed by atoms with Crippen LogP contribution in [0.15, 0.2) is 0 Å². The van der Waals surface area contributed by atoms with Crippen LogP contribution in [0.25, 0.3) is 0 Å². The Kier molecular flexibility index (Phi) is 20.8. The Morgan fingerprint density at radius 1 is 0.625 bits per heavy atom. The molecule has 0 aliphatic heterocycles. The van der Waals surface area contributed by atoms with Gasteiger partial charge < -0.3 is 14.6 Å². The van der Waals surface area contributed by atoms with Gasteiger partial charge in [-0.3, -0.25) is 0 Å². The average Bonchev–Trinajstić information content (AvgIpc) is 2.60. The first-order chi connectivity index (χ1) is 11.8. The van der Waals surface area contributed by atoms with Crippen molar-refractivity contribution in [3.05, 3.63) is 0 Å². The van der Waals surface area contributed by atoms with E-state index in [1.54, 1.807) is 0 Å². The van der Waals surface area contributed by atoms with Gasteiger partial charge in [0.2, 0.25) is 0 Å². The zero-order chi connectivity index (χ0) is 17.7. The SMILES string of the molecule is CCCCCCCCCOCC(CO)OCCCCCCCCC. The van der Waals surface area contributed by atoms with Crippen molar-refractivity contribution in [1.29, 1.82) is 0 Å². The molecule has 0 aromatic rings. The first-order valence-corrected chi connectivity index (χ1v) is 10.6. The van der Waals surface area contributed by atoms with Gasteiger partial charge in [-0.2, -0.15) is 0 Å². The summed E-state index contributed by atoms with van der Waals surface area (Å²) in [5, 5.41) is 9.34. The topological polar surface area (TPSA) is 38.7 Å². The van der Waals surface area contributed by atoms with Gasteiger partial charge in [-0.1, -0.05) is 90.9 Å². The molecule has 1 atom stereocenters. The summed E-state index contributed by atoms with van der Waals surface area (Å²) in [5.41, 5.74) is 0. The molecule has 0 saturated heterocycles. The van der Waals surface area contributed by atoms with Crippen molar-refractivity contribution in [1.82, 2.24) is 0 Å². The molecular formula is C21H44O3. The highest BCUT2D eigenvalue weighted by Gasteiger charge is 2.07. The molecule has 0 bridgehead atoms. The van der Waals surface area contributed by atoms with E-state index in [2.05, 4.69) is 13.8 Å². The van der Waals surface area contributed by atoms with Crippen LogP contribution in [0.2, 0.25) is 0 Å². The molecule has 1 unspecified atom stereocenters. The van der Waals surface area contributed by atoms with Crippen molar-refractivity contribution < 1.29 is 14.6 Å². The van der Waals surface area contributed by atoms with Crippen LogP contribution in [0.5, 0.6) is 0 Å². The Hall–Kier alpha value is -0.120. The number of rotatable bonds is 20. The van der Waals surface area contributed by atoms with Gasteiger partial charge in [-0.05, 0) is 12.8 Å². The highest BCUT2D eigenvalue weighted by atomic mass is 16.5. The summed E-state index contributed by atoms with van der Waals surface area (Å²) in [4.78, 5) is 0. The lowest BCUT2D eigenvalue weighted by molar-refractivity contribution is -0.0437. The third-order valence-corrected chi connectivity index (χ3v) is 4.50. The van der Waals surface area contributed by atoms with Crippen LogP contribution in [0.4, 0.5) is 0 Å². The fraction of sp³-hybridized carbons (Fsp3) is 1.00. The first-order valence-electron chi connectivity index (χ1n) is 10.6. The van der Waals surface area contributed by atoms with Crippen LogP contribution in [0.3, 0.4) is 0 Å². The van der Waals surface area contributed by atoms with Crippen molar-refractivity contribution in [2.75, 3.05) is 26.4 Å². The molecule has 24 heavy (non-hydrogen) atoms. The van der Waals surface area contributed by atoms with Gasteiger partial charge in [0, 0.05) is 13.2 Å². The minimum Gasteiger partial charge on any atom is -0.394 e. The summed E-state index contributed by atoms with van der Waals surface area (Å²) in [6.07, 6.45) is 18.0. The molecule has 0 spiro atoms. The molecule has 3 nitrogen and oxygen atoms in total. The monoisotopic (exact) mass is 344 g/mol. The van der Waals surface area contributed by atoms with Crippen LogP contribution in [-0.4, -0.2) is 37.6 Å². The van der Waals surface area contributed by atoms with Crippen LogP contribution in [0.1, 0.15) is 104 Å². The lowest BCUT2D eigenvalue weighted by Gasteiger charge is -2.15. The molecule has 0 aliphatic carbocycles. The van der Waals surface area contributed by atoms with E-state index in [0.29, 0.717) is 6.61 Å². The van der Waals surface area contributed by atoms with E-state index < -0.39 is 0 Å². The van der Waals surface area contributed by atoms with Gasteiger partial charge in [0.15, 0.2) is 0 Å². The molecule has 146 valence electrons. The third-order valence-electron chi connectivity index (χ3n) is 4.50. The van der Waals surface area contributed by atoms with Crippen molar-refractivity contribution in [3.63, 3.8) is 0 Å². The van der Waals surface area contributed by atoms with E-state index in [1.807, 2.05) is 0 Å². The number of aliphatic hydroxyl groups is 1. The summed E-state index contributed by atoms with van der Waals surface area (Å²) in [7, 11) is 0. The molecule has 1 N–H and O–H groups in total. The summed E-state index contributed by atoms with van der Waals surface area (Å²) in [6, 6.07) is 0. The van der Waals surface area contributed by atoms with Gasteiger partial charge in [0.1, 0.15) is 6.10 Å². The molecule has 0 radical (unpaired) electrons. The van der Waals surface area contributed by atoms with Crippen LogP contribution < -0.4 is 0 Å². The number of unbranched alkanes of at least 4 members (excludes halogenated alkanes) is 12. The highest BCUT2D eigenvalue weighted by molar-refractivity contribution is 4.55. The lowest BCUT2D eigenvalue weighted by atomic mass is 10.1. The second-order valence-corrected chi connectivity index (χ2v) is 6.99. The molecule has 0 aliphatic rings. The molecular weight excluding hydrogens is 300 g/mol. The van der Waals surface area contributed by atoms with Gasteiger partial charge >= 0.3 is 0 Å².